The van der Waals surface area contributed by atoms with Gasteiger partial charge in [-0.25, -0.2) is 0 Å². The lowest BCUT2D eigenvalue weighted by atomic mass is 10.2. The first kappa shape index (κ1) is 10.5. The van der Waals surface area contributed by atoms with Crippen LogP contribution in [0.5, 0.6) is 0 Å². The maximum Gasteiger partial charge on any atom is 0.180 e. The van der Waals surface area contributed by atoms with Gasteiger partial charge in [0.05, 0.1) is 11.7 Å². The summed E-state index contributed by atoms with van der Waals surface area (Å²) in [5.41, 5.74) is 0.895. The molecule has 0 aliphatic carbocycles. The van der Waals surface area contributed by atoms with Crippen molar-refractivity contribution in [2.75, 3.05) is 13.6 Å². The van der Waals surface area contributed by atoms with Crippen LogP contribution in [0.1, 0.15) is 24.6 Å². The minimum absolute atomic E-state index is 0.262. The predicted molar refractivity (Wildman–Crippen MR) is 62.5 cm³/mol. The first-order chi connectivity index (χ1) is 7.27. The monoisotopic (exact) mass is 225 g/mol. The van der Waals surface area contributed by atoms with Crippen LogP contribution in [-0.4, -0.2) is 28.4 Å². The summed E-state index contributed by atoms with van der Waals surface area (Å²) in [4.78, 5) is 0. The number of thiol groups is 1. The Morgan fingerprint density at radius 2 is 2.47 bits per heavy atom. The highest BCUT2D eigenvalue weighted by molar-refractivity contribution is 7.83. The zero-order valence-corrected chi connectivity index (χ0v) is 9.75. The summed E-state index contributed by atoms with van der Waals surface area (Å²) in [6.07, 6.45) is 0. The van der Waals surface area contributed by atoms with Gasteiger partial charge in [0.1, 0.15) is 5.82 Å². The van der Waals surface area contributed by atoms with Crippen molar-refractivity contribution >= 4 is 18.3 Å². The van der Waals surface area contributed by atoms with Crippen LogP contribution in [-0.2, 0) is 6.54 Å². The molecule has 5 nitrogen and oxygen atoms in total. The van der Waals surface area contributed by atoms with Gasteiger partial charge in [0.15, 0.2) is 5.82 Å². The first-order valence-electron chi connectivity index (χ1n) is 4.97. The molecule has 2 heterocycles. The average molecular weight is 225 g/mol. The van der Waals surface area contributed by atoms with Crippen LogP contribution in [0.2, 0.25) is 0 Å². The van der Waals surface area contributed by atoms with Crippen LogP contribution >= 0.6 is 12.6 Å². The van der Waals surface area contributed by atoms with Crippen LogP contribution in [0.15, 0.2) is 5.41 Å². The molecule has 0 spiro atoms. The van der Waals surface area contributed by atoms with Crippen LogP contribution < -0.4 is 10.6 Å². The normalized spacial score (nSPS) is 21.3. The van der Waals surface area contributed by atoms with Gasteiger partial charge < -0.3 is 15.2 Å². The Balaban J connectivity index is 2.43. The van der Waals surface area contributed by atoms with Crippen molar-refractivity contribution < 1.29 is 0 Å². The van der Waals surface area contributed by atoms with Crippen LogP contribution in [0.3, 0.4) is 0 Å². The summed E-state index contributed by atoms with van der Waals surface area (Å²) < 4.78 is 2.12. The number of rotatable bonds is 2. The van der Waals surface area contributed by atoms with Crippen molar-refractivity contribution in [2.24, 2.45) is 0 Å². The first-order valence-corrected chi connectivity index (χ1v) is 5.48. The van der Waals surface area contributed by atoms with E-state index < -0.39 is 0 Å². The number of nitrogens with zero attached hydrogens (tertiary/aromatic N) is 3. The Hall–Kier alpha value is -1.01. The minimum Gasteiger partial charge on any atom is -0.385 e. The van der Waals surface area contributed by atoms with Crippen molar-refractivity contribution in [3.63, 3.8) is 0 Å². The topological polar surface area (TPSA) is 54.8 Å². The second-order valence-corrected chi connectivity index (χ2v) is 3.76. The maximum atomic E-state index is 4.19. The molecule has 0 bridgehead atoms. The number of hydrogen-bond acceptors (Lipinski definition) is 5. The third-order valence-electron chi connectivity index (χ3n) is 2.59. The summed E-state index contributed by atoms with van der Waals surface area (Å²) in [5, 5.41) is 16.5. The Kier molecular flexibility index (Phi) is 2.97. The lowest BCUT2D eigenvalue weighted by molar-refractivity contribution is 0.434. The highest BCUT2D eigenvalue weighted by atomic mass is 32.1. The lowest BCUT2D eigenvalue weighted by Crippen LogP contribution is -2.32. The Morgan fingerprint density at radius 3 is 3.13 bits per heavy atom. The number of aromatic nitrogens is 3. The Morgan fingerprint density at radius 1 is 1.67 bits per heavy atom. The van der Waals surface area contributed by atoms with Gasteiger partial charge in [0.2, 0.25) is 0 Å². The minimum atomic E-state index is 0.262. The molecule has 82 valence electrons. The van der Waals surface area contributed by atoms with Crippen LogP contribution in [0.4, 0.5) is 0 Å². The predicted octanol–water partition coefficient (Wildman–Crippen LogP) is 0.390. The van der Waals surface area contributed by atoms with Crippen molar-refractivity contribution in [2.45, 2.75) is 19.5 Å². The second kappa shape index (κ2) is 4.24. The quantitative estimate of drug-likeness (QED) is 0.637. The smallest absolute Gasteiger partial charge is 0.180 e. The molecule has 1 aromatic rings. The van der Waals surface area contributed by atoms with E-state index in [1.807, 2.05) is 7.05 Å². The van der Waals surface area contributed by atoms with Gasteiger partial charge >= 0.3 is 0 Å². The lowest BCUT2D eigenvalue weighted by Gasteiger charge is -2.22. The van der Waals surface area contributed by atoms with Gasteiger partial charge in [-0.1, -0.05) is 0 Å². The third kappa shape index (κ3) is 1.74. The fraction of sp³-hybridized carbons (Fsp3) is 0.556. The summed E-state index contributed by atoms with van der Waals surface area (Å²) >= 11 is 4.15. The van der Waals surface area contributed by atoms with Gasteiger partial charge in [-0.3, -0.25) is 0 Å². The zero-order chi connectivity index (χ0) is 10.8. The van der Waals surface area contributed by atoms with E-state index in [1.165, 1.54) is 0 Å². The highest BCUT2D eigenvalue weighted by Crippen LogP contribution is 2.19. The van der Waals surface area contributed by atoms with E-state index in [9.17, 15) is 0 Å². The molecule has 1 aromatic heterocycles. The largest absolute Gasteiger partial charge is 0.385 e. The highest BCUT2D eigenvalue weighted by Gasteiger charge is 2.22. The van der Waals surface area contributed by atoms with E-state index >= 15 is 0 Å². The van der Waals surface area contributed by atoms with Crippen LogP contribution in [0.25, 0.3) is 5.70 Å². The molecule has 15 heavy (non-hydrogen) atoms. The van der Waals surface area contributed by atoms with Crippen LogP contribution in [0, 0.1) is 0 Å². The Labute approximate surface area is 94.4 Å². The number of hydrogen-bond donors (Lipinski definition) is 3. The molecular formula is C9H15N5S. The van der Waals surface area contributed by atoms with E-state index in [-0.39, 0.29) is 6.04 Å². The zero-order valence-electron chi connectivity index (χ0n) is 8.86. The molecule has 0 saturated carbocycles. The fourth-order valence-electron chi connectivity index (χ4n) is 1.77. The summed E-state index contributed by atoms with van der Waals surface area (Å²) in [5.74, 6) is 1.84. The maximum absolute atomic E-state index is 4.19. The molecule has 0 radical (unpaired) electrons. The fourth-order valence-corrected chi connectivity index (χ4v) is 2.02. The van der Waals surface area contributed by atoms with Gasteiger partial charge in [-0.15, -0.1) is 22.8 Å². The van der Waals surface area contributed by atoms with Crippen molar-refractivity contribution in [3.05, 3.63) is 17.1 Å². The van der Waals surface area contributed by atoms with E-state index in [1.54, 1.807) is 5.41 Å². The van der Waals surface area contributed by atoms with E-state index in [0.717, 1.165) is 30.4 Å². The van der Waals surface area contributed by atoms with E-state index in [0.29, 0.717) is 0 Å². The van der Waals surface area contributed by atoms with Gasteiger partial charge in [-0.2, -0.15) is 0 Å². The molecule has 2 rings (SSSR count). The summed E-state index contributed by atoms with van der Waals surface area (Å²) in [6, 6.07) is 0.262. The van der Waals surface area contributed by atoms with Crippen molar-refractivity contribution in [3.8, 4) is 0 Å². The molecule has 1 aliphatic heterocycles. The van der Waals surface area contributed by atoms with Gasteiger partial charge in [0, 0.05) is 20.1 Å². The number of nitrogens with one attached hydrogen (secondary N) is 2. The molecule has 0 unspecified atom stereocenters. The Bertz CT molecular complexity index is 384. The molecule has 2 N–H and O–H groups in total. The molecule has 0 fully saturated rings. The standard InChI is InChI=1S/C9H15N5S/c1-6-8-12-13-9(7(5-15)10-2)14(8)4-3-11-6/h5-6,10-11,15H,3-4H2,1-2H3/b7-5-/t6-/m0/s1. The molecule has 0 amide bonds. The molecule has 6 heteroatoms. The third-order valence-corrected chi connectivity index (χ3v) is 2.85. The molecule has 0 aromatic carbocycles. The average Bonchev–Trinajstić information content (AvgIpc) is 2.66. The van der Waals surface area contributed by atoms with Crippen molar-refractivity contribution in [1.82, 2.24) is 25.4 Å². The van der Waals surface area contributed by atoms with E-state index in [2.05, 4.69) is 45.0 Å². The summed E-state index contributed by atoms with van der Waals surface area (Å²) in [6.45, 7) is 3.94. The molecule has 1 atom stereocenters. The SMILES string of the molecule is CN/C(=C\S)c1nnc2n1CCN[C@H]2C. The molecule has 1 aliphatic rings. The van der Waals surface area contributed by atoms with Crippen molar-refractivity contribution in [1.29, 1.82) is 0 Å². The number of fused-ring (bicyclic) bond motifs is 1. The second-order valence-electron chi connectivity index (χ2n) is 3.50. The van der Waals surface area contributed by atoms with E-state index in [4.69, 9.17) is 0 Å². The summed E-state index contributed by atoms with van der Waals surface area (Å²) in [7, 11) is 1.86. The molecular weight excluding hydrogens is 210 g/mol. The van der Waals surface area contributed by atoms with Gasteiger partial charge in [-0.05, 0) is 12.3 Å². The van der Waals surface area contributed by atoms with Gasteiger partial charge in [0.25, 0.3) is 0 Å². The molecule has 0 saturated heterocycles.